The van der Waals surface area contributed by atoms with E-state index in [0.717, 1.165) is 4.31 Å². The number of carbonyl (C=O) groups excluding carboxylic acids is 1. The lowest BCUT2D eigenvalue weighted by Gasteiger charge is -2.18. The van der Waals surface area contributed by atoms with Crippen molar-refractivity contribution in [1.82, 2.24) is 14.3 Å². The first-order chi connectivity index (χ1) is 8.28. The van der Waals surface area contributed by atoms with Gasteiger partial charge in [-0.15, -0.1) is 0 Å². The molecule has 8 heteroatoms. The minimum Gasteiger partial charge on any atom is -0.469 e. The smallest absolute Gasteiger partial charge is 0.309 e. The van der Waals surface area contributed by atoms with Crippen LogP contribution in [0.15, 0.2) is 11.2 Å². The summed E-state index contributed by atoms with van der Waals surface area (Å²) in [5.41, 5.74) is 0. The molecule has 102 valence electrons. The highest BCUT2D eigenvalue weighted by Crippen LogP contribution is 2.13. The zero-order chi connectivity index (χ0) is 13.9. The average molecular weight is 275 g/mol. The molecule has 18 heavy (non-hydrogen) atoms. The van der Waals surface area contributed by atoms with Gasteiger partial charge in [-0.3, -0.25) is 4.79 Å². The number of sulfonamides is 1. The van der Waals surface area contributed by atoms with Crippen molar-refractivity contribution >= 4 is 16.0 Å². The van der Waals surface area contributed by atoms with Crippen LogP contribution in [-0.4, -0.2) is 49.4 Å². The van der Waals surface area contributed by atoms with Gasteiger partial charge in [-0.2, -0.15) is 4.31 Å². The number of aryl methyl sites for hydroxylation is 1. The van der Waals surface area contributed by atoms with Crippen molar-refractivity contribution < 1.29 is 17.9 Å². The maximum atomic E-state index is 12.1. The molecule has 0 aliphatic carbocycles. The molecule has 0 aromatic carbocycles. The molecule has 1 N–H and O–H groups in total. The minimum absolute atomic E-state index is 0.0135. The summed E-state index contributed by atoms with van der Waals surface area (Å²) in [6.45, 7) is 3.32. The van der Waals surface area contributed by atoms with E-state index in [2.05, 4.69) is 14.7 Å². The van der Waals surface area contributed by atoms with Crippen molar-refractivity contribution in [3.63, 3.8) is 0 Å². The quantitative estimate of drug-likeness (QED) is 0.772. The first-order valence-corrected chi connectivity index (χ1v) is 6.78. The maximum absolute atomic E-state index is 12.1. The summed E-state index contributed by atoms with van der Waals surface area (Å²) >= 11 is 0. The SMILES string of the molecule is COC(=O)C(C)CN(C)S(=O)(=O)c1cnc(C)[nH]1. The number of ether oxygens (including phenoxy) is 1. The van der Waals surface area contributed by atoms with Crippen LogP contribution in [0, 0.1) is 12.8 Å². The van der Waals surface area contributed by atoms with Crippen LogP contribution in [0.3, 0.4) is 0 Å². The van der Waals surface area contributed by atoms with E-state index in [-0.39, 0.29) is 11.6 Å². The van der Waals surface area contributed by atoms with E-state index in [4.69, 9.17) is 0 Å². The molecule has 0 aliphatic heterocycles. The number of carbonyl (C=O) groups is 1. The number of imidazole rings is 1. The summed E-state index contributed by atoms with van der Waals surface area (Å²) in [4.78, 5) is 17.8. The predicted molar refractivity (Wildman–Crippen MR) is 64.3 cm³/mol. The molecule has 0 fully saturated rings. The molecular formula is C10H17N3O4S. The minimum atomic E-state index is -3.65. The monoisotopic (exact) mass is 275 g/mol. The Morgan fingerprint density at radius 1 is 1.61 bits per heavy atom. The van der Waals surface area contributed by atoms with Gasteiger partial charge in [0.2, 0.25) is 0 Å². The fourth-order valence-corrected chi connectivity index (χ4v) is 2.68. The Balaban J connectivity index is 2.83. The van der Waals surface area contributed by atoms with Gasteiger partial charge in [-0.1, -0.05) is 6.92 Å². The highest BCUT2D eigenvalue weighted by Gasteiger charge is 2.26. The highest BCUT2D eigenvalue weighted by molar-refractivity contribution is 7.89. The molecule has 0 bridgehead atoms. The van der Waals surface area contributed by atoms with E-state index in [9.17, 15) is 13.2 Å². The summed E-state index contributed by atoms with van der Waals surface area (Å²) in [5.74, 6) is -0.459. The molecule has 1 aromatic rings. The molecule has 1 aromatic heterocycles. The Hall–Kier alpha value is -1.41. The number of hydrogen-bond donors (Lipinski definition) is 1. The lowest BCUT2D eigenvalue weighted by molar-refractivity contribution is -0.144. The normalized spacial score (nSPS) is 13.6. The third-order valence-electron chi connectivity index (χ3n) is 2.50. The van der Waals surface area contributed by atoms with Crippen LogP contribution < -0.4 is 0 Å². The van der Waals surface area contributed by atoms with Crippen LogP contribution in [0.2, 0.25) is 0 Å². The number of rotatable bonds is 5. The zero-order valence-electron chi connectivity index (χ0n) is 10.8. The van der Waals surface area contributed by atoms with E-state index in [0.29, 0.717) is 5.82 Å². The van der Waals surface area contributed by atoms with E-state index in [1.54, 1.807) is 13.8 Å². The molecule has 7 nitrogen and oxygen atoms in total. The van der Waals surface area contributed by atoms with Crippen molar-refractivity contribution in [2.24, 2.45) is 5.92 Å². The largest absolute Gasteiger partial charge is 0.469 e. The van der Waals surface area contributed by atoms with Gasteiger partial charge in [0.25, 0.3) is 10.0 Å². The predicted octanol–water partition coefficient (Wildman–Crippen LogP) is 0.148. The molecule has 0 amide bonds. The van der Waals surface area contributed by atoms with Gasteiger partial charge in [0.05, 0.1) is 19.2 Å². The molecule has 1 unspecified atom stereocenters. The number of nitrogens with zero attached hydrogens (tertiary/aromatic N) is 2. The zero-order valence-corrected chi connectivity index (χ0v) is 11.6. The summed E-state index contributed by atoms with van der Waals surface area (Å²) in [5, 5.41) is 0.0135. The first-order valence-electron chi connectivity index (χ1n) is 5.34. The summed E-state index contributed by atoms with van der Waals surface area (Å²) in [6.07, 6.45) is 1.25. The van der Waals surface area contributed by atoms with Crippen LogP contribution in [0.25, 0.3) is 0 Å². The lowest BCUT2D eigenvalue weighted by atomic mass is 10.2. The number of esters is 1. The van der Waals surface area contributed by atoms with Gasteiger partial charge in [0, 0.05) is 13.6 Å². The summed E-state index contributed by atoms with van der Waals surface area (Å²) < 4.78 is 29.8. The Morgan fingerprint density at radius 2 is 2.22 bits per heavy atom. The molecule has 1 atom stereocenters. The number of methoxy groups -OCH3 is 1. The topological polar surface area (TPSA) is 92.4 Å². The maximum Gasteiger partial charge on any atom is 0.309 e. The number of nitrogens with one attached hydrogen (secondary N) is 1. The summed E-state index contributed by atoms with van der Waals surface area (Å²) in [7, 11) is -0.970. The van der Waals surface area contributed by atoms with Crippen LogP contribution in [0.5, 0.6) is 0 Å². The Bertz CT molecular complexity index is 523. The van der Waals surface area contributed by atoms with Gasteiger partial charge >= 0.3 is 5.97 Å². The molecule has 0 aliphatic rings. The van der Waals surface area contributed by atoms with E-state index >= 15 is 0 Å². The molecule has 0 radical (unpaired) electrons. The highest BCUT2D eigenvalue weighted by atomic mass is 32.2. The fraction of sp³-hybridized carbons (Fsp3) is 0.600. The van der Waals surface area contributed by atoms with Gasteiger partial charge in [-0.05, 0) is 6.92 Å². The second-order valence-electron chi connectivity index (χ2n) is 4.04. The Kier molecular flexibility index (Phi) is 4.47. The van der Waals surface area contributed by atoms with E-state index in [1.807, 2.05) is 0 Å². The molecule has 0 spiro atoms. The molecule has 0 saturated carbocycles. The second kappa shape index (κ2) is 5.49. The Labute approximate surface area is 106 Å². The Morgan fingerprint density at radius 3 is 2.67 bits per heavy atom. The van der Waals surface area contributed by atoms with Crippen LogP contribution in [-0.2, 0) is 19.6 Å². The average Bonchev–Trinajstić information content (AvgIpc) is 2.75. The van der Waals surface area contributed by atoms with Crippen molar-refractivity contribution in [3.05, 3.63) is 12.0 Å². The van der Waals surface area contributed by atoms with Gasteiger partial charge < -0.3 is 9.72 Å². The van der Waals surface area contributed by atoms with Crippen molar-refractivity contribution in [1.29, 1.82) is 0 Å². The van der Waals surface area contributed by atoms with Crippen molar-refractivity contribution in [2.45, 2.75) is 18.9 Å². The molecule has 1 rings (SSSR count). The first kappa shape index (κ1) is 14.7. The van der Waals surface area contributed by atoms with Crippen LogP contribution >= 0.6 is 0 Å². The molecule has 0 saturated heterocycles. The van der Waals surface area contributed by atoms with E-state index < -0.39 is 21.9 Å². The van der Waals surface area contributed by atoms with Crippen molar-refractivity contribution in [3.8, 4) is 0 Å². The molecular weight excluding hydrogens is 258 g/mol. The lowest BCUT2D eigenvalue weighted by Crippen LogP contribution is -2.34. The van der Waals surface area contributed by atoms with Gasteiger partial charge in [0.15, 0.2) is 5.03 Å². The third kappa shape index (κ3) is 3.08. The number of aromatic amines is 1. The van der Waals surface area contributed by atoms with Crippen LogP contribution in [0.1, 0.15) is 12.7 Å². The number of aromatic nitrogens is 2. The fourth-order valence-electron chi connectivity index (χ4n) is 1.46. The second-order valence-corrected chi connectivity index (χ2v) is 6.06. The number of hydrogen-bond acceptors (Lipinski definition) is 5. The summed E-state index contributed by atoms with van der Waals surface area (Å²) in [6, 6.07) is 0. The number of H-pyrrole nitrogens is 1. The van der Waals surface area contributed by atoms with Crippen molar-refractivity contribution in [2.75, 3.05) is 20.7 Å². The molecule has 1 heterocycles. The van der Waals surface area contributed by atoms with Crippen LogP contribution in [0.4, 0.5) is 0 Å². The van der Waals surface area contributed by atoms with E-state index in [1.165, 1.54) is 20.4 Å². The van der Waals surface area contributed by atoms with Gasteiger partial charge in [-0.25, -0.2) is 13.4 Å². The standard InChI is InChI=1S/C10H17N3O4S/c1-7(10(14)17-4)6-13(3)18(15,16)9-5-11-8(2)12-9/h5,7H,6H2,1-4H3,(H,11,12). The third-order valence-corrected chi connectivity index (χ3v) is 4.24. The van der Waals surface area contributed by atoms with Gasteiger partial charge in [0.1, 0.15) is 5.82 Å².